The zero-order chi connectivity index (χ0) is 91.3. The van der Waals surface area contributed by atoms with Crippen LogP contribution in [0.4, 0.5) is 0 Å². The van der Waals surface area contributed by atoms with Gasteiger partial charge in [-0.3, -0.25) is 77.5 Å². The summed E-state index contributed by atoms with van der Waals surface area (Å²) in [6.45, 7) is 9.20. The fourth-order valence-corrected chi connectivity index (χ4v) is 13.5. The number of nitrogens with two attached hydrogens (primary N) is 13. The molecule has 0 aliphatic carbocycles. The molecule has 0 aliphatic heterocycles. The lowest BCUT2D eigenvalue weighted by atomic mass is 10.00. The van der Waals surface area contributed by atoms with Crippen molar-refractivity contribution >= 4 is 117 Å². The van der Waals surface area contributed by atoms with E-state index in [1.54, 1.807) is 50.5 Å². The van der Waals surface area contributed by atoms with E-state index in [9.17, 15) is 53.1 Å². The third kappa shape index (κ3) is 38.3. The lowest BCUT2D eigenvalue weighted by molar-refractivity contribution is -0.137. The van der Waals surface area contributed by atoms with E-state index in [4.69, 9.17) is 74.5 Å². The van der Waals surface area contributed by atoms with E-state index in [2.05, 4.69) is 88.4 Å². The first-order valence-electron chi connectivity index (χ1n) is 42.0. The Morgan fingerprint density at radius 1 is 0.333 bits per heavy atom. The number of benzene rings is 2. The van der Waals surface area contributed by atoms with Crippen molar-refractivity contribution in [1.29, 1.82) is 0 Å². The van der Waals surface area contributed by atoms with Gasteiger partial charge in [-0.1, -0.05) is 64.1 Å². The molecule has 43 nitrogen and oxygen atoms in total. The average molecular weight is 1730 g/mol. The highest BCUT2D eigenvalue weighted by Crippen LogP contribution is 2.23. The molecule has 43 heteroatoms. The Morgan fingerprint density at radius 3 is 0.919 bits per heavy atom. The van der Waals surface area contributed by atoms with Crippen LogP contribution in [-0.4, -0.2) is 234 Å². The summed E-state index contributed by atoms with van der Waals surface area (Å²) < 4.78 is 0. The minimum atomic E-state index is -1.86. The number of para-hydroxylation sites is 2. The van der Waals surface area contributed by atoms with Crippen LogP contribution in [0.3, 0.4) is 0 Å². The Labute approximate surface area is 716 Å². The second-order valence-electron chi connectivity index (χ2n) is 31.4. The highest BCUT2D eigenvalue weighted by Gasteiger charge is 2.39. The van der Waals surface area contributed by atoms with Crippen molar-refractivity contribution in [3.63, 3.8) is 0 Å². The highest BCUT2D eigenvalue weighted by molar-refractivity contribution is 6.00. The summed E-state index contributed by atoms with van der Waals surface area (Å²) in [5.41, 5.74) is 77.1. The van der Waals surface area contributed by atoms with Gasteiger partial charge in [-0.15, -0.1) is 0 Å². The van der Waals surface area contributed by atoms with E-state index in [1.165, 1.54) is 6.92 Å². The fourth-order valence-electron chi connectivity index (χ4n) is 13.5. The third-order valence-corrected chi connectivity index (χ3v) is 20.0. The minimum absolute atomic E-state index is 0.0102. The van der Waals surface area contributed by atoms with E-state index < -0.39 is 149 Å². The molecule has 0 aliphatic rings. The molecular formula is C80H136N30O13. The van der Waals surface area contributed by atoms with Gasteiger partial charge in [-0.25, -0.2) is 0 Å². The number of aromatic nitrogens is 2. The molecule has 4 rings (SSSR count). The first kappa shape index (κ1) is 103. The summed E-state index contributed by atoms with van der Waals surface area (Å²) in [5.74, 6) is -11.6. The van der Waals surface area contributed by atoms with Crippen LogP contribution in [0, 0.1) is 11.8 Å². The number of aliphatic imine (C=N–C) groups is 4. The summed E-state index contributed by atoms with van der Waals surface area (Å²) in [5, 5.41) is 42.8. The van der Waals surface area contributed by atoms with Crippen LogP contribution in [0.5, 0.6) is 0 Å². The Morgan fingerprint density at radius 2 is 0.602 bits per heavy atom. The fraction of sp³-hybridized carbons (Fsp3) is 0.600. The normalized spacial score (nSPS) is 14.4. The predicted molar refractivity (Wildman–Crippen MR) is 471 cm³/mol. The maximum atomic E-state index is 15.2. The molecule has 2 heterocycles. The van der Waals surface area contributed by atoms with Crippen LogP contribution in [0.2, 0.25) is 0 Å². The van der Waals surface area contributed by atoms with Gasteiger partial charge < -0.3 is 148 Å². The number of aliphatic hydroxyl groups excluding tert-OH is 1. The van der Waals surface area contributed by atoms with Crippen LogP contribution in [-0.2, 0) is 70.4 Å². The highest BCUT2D eigenvalue weighted by atomic mass is 16.3. The largest absolute Gasteiger partial charge is 0.391 e. The molecular weight excluding hydrogens is 1590 g/mol. The van der Waals surface area contributed by atoms with E-state index >= 15 is 9.59 Å². The molecule has 12 amide bonds. The second kappa shape index (κ2) is 55.1. The van der Waals surface area contributed by atoms with Gasteiger partial charge in [0, 0.05) is 73.2 Å². The van der Waals surface area contributed by atoms with Crippen LogP contribution in [0.25, 0.3) is 21.8 Å². The van der Waals surface area contributed by atoms with E-state index in [-0.39, 0.29) is 191 Å². The second-order valence-corrected chi connectivity index (χ2v) is 31.4. The lowest BCUT2D eigenvalue weighted by Gasteiger charge is -2.29. The molecule has 0 spiro atoms. The summed E-state index contributed by atoms with van der Waals surface area (Å²) in [4.78, 5) is 196. The van der Waals surface area contributed by atoms with Crippen molar-refractivity contribution < 1.29 is 62.6 Å². The molecule has 0 fully saturated rings. The monoisotopic (exact) mass is 1730 g/mol. The van der Waals surface area contributed by atoms with Crippen molar-refractivity contribution in [3.8, 4) is 0 Å². The molecule has 684 valence electrons. The van der Waals surface area contributed by atoms with Crippen molar-refractivity contribution in [2.45, 2.75) is 248 Å². The zero-order valence-corrected chi connectivity index (χ0v) is 71.4. The molecule has 2 aromatic heterocycles. The number of carbonyl (C=O) groups is 12. The number of H-pyrrole nitrogens is 2. The van der Waals surface area contributed by atoms with Crippen LogP contribution in [0.1, 0.15) is 168 Å². The molecule has 4 aromatic rings. The van der Waals surface area contributed by atoms with Crippen molar-refractivity contribution in [3.05, 3.63) is 72.1 Å². The quantitative estimate of drug-likeness (QED) is 0.0111. The molecule has 0 saturated carbocycles. The predicted octanol–water partition coefficient (Wildman–Crippen LogP) is -5.35. The maximum absolute atomic E-state index is 15.2. The lowest BCUT2D eigenvalue weighted by Crippen LogP contribution is -2.62. The van der Waals surface area contributed by atoms with E-state index in [0.717, 1.165) is 10.9 Å². The number of carbonyl (C=O) groups excluding carboxylic acids is 12. The van der Waals surface area contributed by atoms with Gasteiger partial charge in [0.25, 0.3) is 0 Å². The van der Waals surface area contributed by atoms with Gasteiger partial charge in [-0.05, 0) is 184 Å². The van der Waals surface area contributed by atoms with Gasteiger partial charge in [0.2, 0.25) is 70.9 Å². The number of unbranched alkanes of at least 4 members (excludes halogenated alkanes) is 3. The topological polar surface area (TPSA) is 777 Å². The first-order chi connectivity index (χ1) is 58.5. The zero-order valence-electron chi connectivity index (χ0n) is 71.4. The van der Waals surface area contributed by atoms with Gasteiger partial charge >= 0.3 is 0 Å². The van der Waals surface area contributed by atoms with Gasteiger partial charge in [0.05, 0.1) is 12.1 Å². The number of nitrogens with zero attached hydrogens (tertiary/aromatic N) is 4. The van der Waals surface area contributed by atoms with Gasteiger partial charge in [0.1, 0.15) is 66.5 Å². The third-order valence-electron chi connectivity index (χ3n) is 20.0. The number of hydrogen-bond donors (Lipinski definition) is 27. The van der Waals surface area contributed by atoms with Gasteiger partial charge in [-0.2, -0.15) is 0 Å². The Balaban J connectivity index is 1.69. The number of hydrogen-bond acceptors (Lipinski definition) is 21. The number of aliphatic hydroxyl groups is 1. The van der Waals surface area contributed by atoms with Crippen molar-refractivity contribution in [2.24, 2.45) is 106 Å². The molecule has 0 bridgehead atoms. The number of nitrogens with one attached hydrogen (secondary N) is 13. The SMILES string of the molecule is CC(C)C[C@H](NC(=O)[C@H](CCCN=C(N)N)NC(=O)[C@H](CCCCN)NC(=O)[C@H](Cc1c[nH]c2ccccc12)NC(=O)[C@@H](NC(=O)[C@H](CCCCN)NC(=O)[C@H](CCCCN)NC(=O)[C@H](CCCN=C(N)N)NC(=O)[C@H](CC(C)C)NC(=O)[C@H](CCCN=C(N)N)NC(=O)[C@@H](N)CCCN=C(N)N)[C@@H](C)O)C(=O)N[C@@H](Cc1c[nH]c2ccccc12)C(N)=O. The number of amides is 12. The number of fused-ring (bicyclic) bond motifs is 2. The minimum Gasteiger partial charge on any atom is -0.391 e. The Kier molecular flexibility index (Phi) is 46.3. The van der Waals surface area contributed by atoms with E-state index in [1.807, 2.05) is 38.1 Å². The Bertz CT molecular complexity index is 4170. The molecule has 2 aromatic carbocycles. The number of guanidine groups is 4. The first-order valence-corrected chi connectivity index (χ1v) is 42.0. The van der Waals surface area contributed by atoms with Crippen molar-refractivity contribution in [1.82, 2.24) is 68.5 Å². The molecule has 123 heavy (non-hydrogen) atoms. The standard InChI is InChI=1S/C80H136N30O13/c1-44(2)38-61(107-70(117)57(28-17-35-95-78(88)89)100-66(113)51(84)22-16-34-94-77(86)87)73(120)105-58(29-18-36-96-79(90)91)69(116)101-54(25-10-13-31-81)67(114)102-56(27-12-15-33-83)72(119)110-64(46(5)111)76(123)109-63(41-48-43-99-53-24-9-7-21-50(48)53)75(122)104-55(26-11-14-32-82)68(115)103-59(30-19-37-97-80(92)93)71(118)108-62(39-45(3)4)74(121)106-60(65(85)112)40-47-42-98-52-23-8-6-20-49(47)52/h6-9,20-21,23-24,42-46,51,54-64,98-99,111H,10-19,22,25-41,81-84H2,1-5H3,(H2,85,112)(H,100,113)(H,101,116)(H,102,114)(H,103,115)(H,104,122)(H,105,120)(H,106,121)(H,107,117)(H,108,118)(H,109,123)(H,110,119)(H4,86,87,94)(H4,88,89,95)(H4,90,91,96)(H4,92,93,97)/t46-,51+,54+,55+,56+,57+,58+,59+,60+,61+,62+,63+,64+/m1/s1. The van der Waals surface area contributed by atoms with Crippen LogP contribution in [0.15, 0.2) is 80.9 Å². The van der Waals surface area contributed by atoms with Crippen LogP contribution < -0.4 is 133 Å². The van der Waals surface area contributed by atoms with E-state index in [0.29, 0.717) is 47.7 Å². The summed E-state index contributed by atoms with van der Waals surface area (Å²) in [6.07, 6.45) is 3.68. The van der Waals surface area contributed by atoms with Crippen LogP contribution >= 0.6 is 0 Å². The average Bonchev–Trinajstić information content (AvgIpc) is 1.71. The number of rotatable bonds is 60. The van der Waals surface area contributed by atoms with Crippen molar-refractivity contribution in [2.75, 3.05) is 45.8 Å². The molecule has 13 atom stereocenters. The molecule has 0 unspecified atom stereocenters. The summed E-state index contributed by atoms with van der Waals surface area (Å²) >= 11 is 0. The number of aromatic amines is 2. The maximum Gasteiger partial charge on any atom is 0.245 e. The molecule has 0 radical (unpaired) electrons. The summed E-state index contributed by atoms with van der Waals surface area (Å²) in [7, 11) is 0. The molecule has 0 saturated heterocycles. The molecule has 40 N–H and O–H groups in total. The Hall–Kier alpha value is -12.0. The van der Waals surface area contributed by atoms with Gasteiger partial charge in [0.15, 0.2) is 23.8 Å². The number of primary amides is 1. The summed E-state index contributed by atoms with van der Waals surface area (Å²) in [6, 6.07) is -2.40. The smallest absolute Gasteiger partial charge is 0.245 e.